The number of hydrogen-bond donors (Lipinski definition) is 0. The van der Waals surface area contributed by atoms with Crippen molar-refractivity contribution >= 4 is 0 Å². The van der Waals surface area contributed by atoms with Crippen LogP contribution in [-0.4, -0.2) is 43.2 Å². The van der Waals surface area contributed by atoms with E-state index in [-0.39, 0.29) is 0 Å². The minimum Gasteiger partial charge on any atom is -0.294 e. The van der Waals surface area contributed by atoms with Crippen molar-refractivity contribution in [1.82, 2.24) is 9.80 Å². The first-order valence-electron chi connectivity index (χ1n) is 4.16. The third-order valence-corrected chi connectivity index (χ3v) is 2.33. The van der Waals surface area contributed by atoms with Crippen molar-refractivity contribution in [2.24, 2.45) is 0 Å². The Kier molecular flexibility index (Phi) is 2.69. The lowest BCUT2D eigenvalue weighted by molar-refractivity contribution is 0.126. The van der Waals surface area contributed by atoms with Gasteiger partial charge in [0.05, 0.1) is 6.17 Å². The van der Waals surface area contributed by atoms with Crippen LogP contribution in [0.15, 0.2) is 0 Å². The molecule has 0 aromatic rings. The molecular weight excluding hydrogens is 124 g/mol. The molecule has 0 saturated carbocycles. The Morgan fingerprint density at radius 2 is 2.20 bits per heavy atom. The van der Waals surface area contributed by atoms with Gasteiger partial charge in [0.15, 0.2) is 0 Å². The smallest absolute Gasteiger partial charge is 0.0617 e. The maximum absolute atomic E-state index is 2.53. The summed E-state index contributed by atoms with van der Waals surface area (Å²) in [4.78, 5) is 4.84. The van der Waals surface area contributed by atoms with Crippen LogP contribution in [0.3, 0.4) is 0 Å². The van der Waals surface area contributed by atoms with Gasteiger partial charge in [0.1, 0.15) is 0 Å². The molecule has 0 aromatic heterocycles. The Bertz CT molecular complexity index is 101. The van der Waals surface area contributed by atoms with Gasteiger partial charge in [-0.25, -0.2) is 0 Å². The van der Waals surface area contributed by atoms with E-state index in [1.54, 1.807) is 0 Å². The van der Waals surface area contributed by atoms with Crippen molar-refractivity contribution in [3.8, 4) is 0 Å². The number of likely N-dealkylation sites (tertiary alicyclic amines) is 1. The zero-order chi connectivity index (χ0) is 7.56. The molecule has 0 amide bonds. The van der Waals surface area contributed by atoms with Crippen LogP contribution >= 0.6 is 0 Å². The molecule has 0 aliphatic carbocycles. The second kappa shape index (κ2) is 3.35. The van der Waals surface area contributed by atoms with E-state index in [2.05, 4.69) is 30.8 Å². The molecule has 0 spiro atoms. The lowest BCUT2D eigenvalue weighted by Crippen LogP contribution is -2.39. The van der Waals surface area contributed by atoms with Gasteiger partial charge in [-0.15, -0.1) is 0 Å². The van der Waals surface area contributed by atoms with Crippen molar-refractivity contribution in [2.45, 2.75) is 25.9 Å². The molecule has 0 N–H and O–H groups in total. The Labute approximate surface area is 63.8 Å². The van der Waals surface area contributed by atoms with Crippen LogP contribution in [0.5, 0.6) is 0 Å². The van der Waals surface area contributed by atoms with Gasteiger partial charge in [-0.05, 0) is 40.0 Å². The monoisotopic (exact) mass is 142 g/mol. The zero-order valence-corrected chi connectivity index (χ0v) is 7.30. The Balaban J connectivity index is 2.42. The molecule has 0 radical (unpaired) electrons. The van der Waals surface area contributed by atoms with Gasteiger partial charge < -0.3 is 0 Å². The van der Waals surface area contributed by atoms with Crippen molar-refractivity contribution in [3.63, 3.8) is 0 Å². The highest BCUT2D eigenvalue weighted by Crippen LogP contribution is 2.17. The third kappa shape index (κ3) is 1.50. The van der Waals surface area contributed by atoms with E-state index < -0.39 is 0 Å². The molecule has 0 aromatic carbocycles. The molecule has 10 heavy (non-hydrogen) atoms. The van der Waals surface area contributed by atoms with Gasteiger partial charge in [-0.1, -0.05) is 6.92 Å². The van der Waals surface area contributed by atoms with Crippen molar-refractivity contribution in [2.75, 3.05) is 27.2 Å². The van der Waals surface area contributed by atoms with Crippen molar-refractivity contribution in [1.29, 1.82) is 0 Å². The second-order valence-corrected chi connectivity index (χ2v) is 3.22. The van der Waals surface area contributed by atoms with E-state index >= 15 is 0 Å². The molecule has 1 heterocycles. The van der Waals surface area contributed by atoms with Crippen LogP contribution in [0.25, 0.3) is 0 Å². The molecule has 2 heteroatoms. The van der Waals surface area contributed by atoms with Gasteiger partial charge in [-0.3, -0.25) is 9.80 Å². The van der Waals surface area contributed by atoms with Gasteiger partial charge in [-0.2, -0.15) is 0 Å². The van der Waals surface area contributed by atoms with Gasteiger partial charge >= 0.3 is 0 Å². The minimum atomic E-state index is 0.713. The molecule has 0 unspecified atom stereocenters. The maximum Gasteiger partial charge on any atom is 0.0617 e. The molecule has 60 valence electrons. The summed E-state index contributed by atoms with van der Waals surface area (Å²) in [5, 5.41) is 0. The first-order valence-corrected chi connectivity index (χ1v) is 4.16. The second-order valence-electron chi connectivity index (χ2n) is 3.22. The summed E-state index contributed by atoms with van der Waals surface area (Å²) >= 11 is 0. The lowest BCUT2D eigenvalue weighted by Gasteiger charge is -2.28. The van der Waals surface area contributed by atoms with Gasteiger partial charge in [0.2, 0.25) is 0 Å². The van der Waals surface area contributed by atoms with Crippen LogP contribution in [0.4, 0.5) is 0 Å². The van der Waals surface area contributed by atoms with Crippen LogP contribution in [-0.2, 0) is 0 Å². The third-order valence-electron chi connectivity index (χ3n) is 2.33. The molecular formula is C8H18N2. The summed E-state index contributed by atoms with van der Waals surface area (Å²) < 4.78 is 0. The standard InChI is InChI=1S/C8H18N2/c1-4-10-7-5-6-8(10)9(2)3/h8H,4-7H2,1-3H3/t8-/m1/s1. The average molecular weight is 142 g/mol. The van der Waals surface area contributed by atoms with Gasteiger partial charge in [0, 0.05) is 0 Å². The van der Waals surface area contributed by atoms with Crippen LogP contribution < -0.4 is 0 Å². The molecule has 1 aliphatic rings. The quantitative estimate of drug-likeness (QED) is 0.567. The number of rotatable bonds is 2. The highest BCUT2D eigenvalue weighted by Gasteiger charge is 2.23. The van der Waals surface area contributed by atoms with Gasteiger partial charge in [0.25, 0.3) is 0 Å². The fraction of sp³-hybridized carbons (Fsp3) is 1.00. The fourth-order valence-corrected chi connectivity index (χ4v) is 1.76. The van der Waals surface area contributed by atoms with E-state index in [1.165, 1.54) is 25.9 Å². The molecule has 1 atom stereocenters. The Morgan fingerprint density at radius 1 is 1.50 bits per heavy atom. The first kappa shape index (κ1) is 8.02. The summed E-state index contributed by atoms with van der Waals surface area (Å²) in [7, 11) is 4.33. The molecule has 1 saturated heterocycles. The maximum atomic E-state index is 2.53. The lowest BCUT2D eigenvalue weighted by atomic mass is 10.3. The van der Waals surface area contributed by atoms with E-state index in [0.29, 0.717) is 6.17 Å². The van der Waals surface area contributed by atoms with Crippen LogP contribution in [0, 0.1) is 0 Å². The van der Waals surface area contributed by atoms with E-state index in [4.69, 9.17) is 0 Å². The van der Waals surface area contributed by atoms with Crippen LogP contribution in [0.2, 0.25) is 0 Å². The first-order chi connectivity index (χ1) is 4.75. The molecule has 1 fully saturated rings. The Morgan fingerprint density at radius 3 is 2.60 bits per heavy atom. The topological polar surface area (TPSA) is 6.48 Å². The minimum absolute atomic E-state index is 0.713. The number of hydrogen-bond acceptors (Lipinski definition) is 2. The molecule has 1 rings (SSSR count). The predicted molar refractivity (Wildman–Crippen MR) is 44.0 cm³/mol. The van der Waals surface area contributed by atoms with Crippen molar-refractivity contribution in [3.05, 3.63) is 0 Å². The summed E-state index contributed by atoms with van der Waals surface area (Å²) in [6, 6.07) is 0. The van der Waals surface area contributed by atoms with E-state index in [1.807, 2.05) is 0 Å². The highest BCUT2D eigenvalue weighted by atomic mass is 15.3. The highest BCUT2D eigenvalue weighted by molar-refractivity contribution is 4.75. The fourth-order valence-electron chi connectivity index (χ4n) is 1.76. The average Bonchev–Trinajstić information content (AvgIpc) is 2.33. The molecule has 1 aliphatic heterocycles. The summed E-state index contributed by atoms with van der Waals surface area (Å²) in [5.74, 6) is 0. The predicted octanol–water partition coefficient (Wildman–Crippen LogP) is 0.990. The normalized spacial score (nSPS) is 28.2. The molecule has 2 nitrogen and oxygen atoms in total. The van der Waals surface area contributed by atoms with Crippen LogP contribution in [0.1, 0.15) is 19.8 Å². The summed E-state index contributed by atoms with van der Waals surface area (Å²) in [6.45, 7) is 4.73. The number of nitrogens with zero attached hydrogens (tertiary/aromatic N) is 2. The SMILES string of the molecule is CCN1CCC[C@@H]1N(C)C. The molecule has 0 bridgehead atoms. The summed E-state index contributed by atoms with van der Waals surface area (Å²) in [5.41, 5.74) is 0. The summed E-state index contributed by atoms with van der Waals surface area (Å²) in [6.07, 6.45) is 3.43. The van der Waals surface area contributed by atoms with E-state index in [0.717, 1.165) is 0 Å². The zero-order valence-electron chi connectivity index (χ0n) is 7.30. The largest absolute Gasteiger partial charge is 0.294 e. The Hall–Kier alpha value is -0.0800. The van der Waals surface area contributed by atoms with E-state index in [9.17, 15) is 0 Å². The van der Waals surface area contributed by atoms with Crippen molar-refractivity contribution < 1.29 is 0 Å².